The van der Waals surface area contributed by atoms with Gasteiger partial charge in [-0.1, -0.05) is 17.3 Å². The number of hydrogen-bond acceptors (Lipinski definition) is 4. The molecule has 0 aliphatic heterocycles. The number of nitrogens with zero attached hydrogens (tertiary/aromatic N) is 2. The Bertz CT molecular complexity index is 611. The molecule has 0 aliphatic rings. The van der Waals surface area contributed by atoms with E-state index in [4.69, 9.17) is 4.52 Å². The lowest BCUT2D eigenvalue weighted by Crippen LogP contribution is -2.36. The summed E-state index contributed by atoms with van der Waals surface area (Å²) in [6.45, 7) is 6.20. The number of rotatable bonds is 6. The number of thioether (sulfide) groups is 1. The van der Waals surface area contributed by atoms with Crippen LogP contribution in [0.4, 0.5) is 0 Å². The van der Waals surface area contributed by atoms with E-state index in [-0.39, 0.29) is 0 Å². The van der Waals surface area contributed by atoms with Crippen molar-refractivity contribution in [1.82, 2.24) is 15.8 Å². The first-order valence-corrected chi connectivity index (χ1v) is 8.50. The van der Waals surface area contributed by atoms with E-state index in [1.165, 1.54) is 16.0 Å². The highest BCUT2D eigenvalue weighted by Gasteiger charge is 2.04. The summed E-state index contributed by atoms with van der Waals surface area (Å²) in [5.41, 5.74) is 3.36. The molecule has 0 unspecified atom stereocenters. The molecule has 5 nitrogen and oxygen atoms in total. The first-order valence-electron chi connectivity index (χ1n) is 7.28. The summed E-state index contributed by atoms with van der Waals surface area (Å²) in [5.74, 6) is 0.776. The molecule has 0 atom stereocenters. The summed E-state index contributed by atoms with van der Waals surface area (Å²) in [4.78, 5) is 5.92. The van der Waals surface area contributed by atoms with Gasteiger partial charge in [-0.25, -0.2) is 4.99 Å². The zero-order valence-corrected chi connectivity index (χ0v) is 14.0. The molecule has 0 aliphatic carbocycles. The number of aryl methyl sites for hydroxylation is 1. The summed E-state index contributed by atoms with van der Waals surface area (Å²) >= 11 is 1.75. The van der Waals surface area contributed by atoms with Gasteiger partial charge >= 0.3 is 0 Å². The zero-order valence-electron chi connectivity index (χ0n) is 13.2. The minimum atomic E-state index is 0.589. The maximum Gasteiger partial charge on any atom is 0.191 e. The Labute approximate surface area is 135 Å². The molecule has 1 aromatic carbocycles. The third kappa shape index (κ3) is 4.80. The molecule has 0 bridgehead atoms. The molecule has 0 amide bonds. The number of guanidine groups is 1. The topological polar surface area (TPSA) is 62.5 Å². The fourth-order valence-corrected chi connectivity index (χ4v) is 2.69. The summed E-state index contributed by atoms with van der Waals surface area (Å²) in [6.07, 6.45) is 3.66. The van der Waals surface area contributed by atoms with Gasteiger partial charge in [0.2, 0.25) is 0 Å². The van der Waals surface area contributed by atoms with E-state index >= 15 is 0 Å². The Morgan fingerprint density at radius 2 is 2.18 bits per heavy atom. The lowest BCUT2D eigenvalue weighted by Gasteiger charge is -2.11. The van der Waals surface area contributed by atoms with Gasteiger partial charge in [-0.2, -0.15) is 0 Å². The average Bonchev–Trinajstić information content (AvgIpc) is 3.04. The van der Waals surface area contributed by atoms with Crippen molar-refractivity contribution in [3.8, 4) is 0 Å². The molecule has 0 radical (unpaired) electrons. The number of aliphatic imine (C=N–C) groups is 1. The minimum Gasteiger partial charge on any atom is -0.364 e. The highest BCUT2D eigenvalue weighted by molar-refractivity contribution is 7.98. The van der Waals surface area contributed by atoms with Gasteiger partial charge in [0.15, 0.2) is 5.96 Å². The van der Waals surface area contributed by atoms with Crippen LogP contribution in [-0.2, 0) is 13.1 Å². The van der Waals surface area contributed by atoms with E-state index in [2.05, 4.69) is 52.2 Å². The molecule has 6 heteroatoms. The van der Waals surface area contributed by atoms with Crippen molar-refractivity contribution in [1.29, 1.82) is 0 Å². The molecule has 1 heterocycles. The zero-order chi connectivity index (χ0) is 15.8. The highest BCUT2D eigenvalue weighted by atomic mass is 32.2. The molecular formula is C16H22N4OS. The van der Waals surface area contributed by atoms with Crippen LogP contribution in [0.25, 0.3) is 0 Å². The van der Waals surface area contributed by atoms with Gasteiger partial charge in [-0.15, -0.1) is 11.8 Å². The summed E-state index contributed by atoms with van der Waals surface area (Å²) in [6, 6.07) is 8.31. The largest absolute Gasteiger partial charge is 0.364 e. The first kappa shape index (κ1) is 16.4. The van der Waals surface area contributed by atoms with Crippen LogP contribution in [0.1, 0.15) is 23.7 Å². The van der Waals surface area contributed by atoms with Crippen LogP contribution in [0.2, 0.25) is 0 Å². The van der Waals surface area contributed by atoms with E-state index in [1.54, 1.807) is 18.0 Å². The Morgan fingerprint density at radius 3 is 2.86 bits per heavy atom. The lowest BCUT2D eigenvalue weighted by atomic mass is 10.1. The molecule has 0 fully saturated rings. The van der Waals surface area contributed by atoms with Crippen LogP contribution in [0.5, 0.6) is 0 Å². The number of aromatic nitrogens is 1. The first-order chi connectivity index (χ1) is 10.7. The fourth-order valence-electron chi connectivity index (χ4n) is 1.99. The standard InChI is InChI=1S/C16H22N4OS/c1-4-17-16(19-11-14-7-8-21-20-14)18-10-13-6-5-12(2)9-15(13)22-3/h5-9H,4,10-11H2,1-3H3,(H2,17,18,19). The Kier molecular flexibility index (Phi) is 6.33. The van der Waals surface area contributed by atoms with Gasteiger partial charge in [0, 0.05) is 17.5 Å². The average molecular weight is 318 g/mol. The van der Waals surface area contributed by atoms with Crippen molar-refractivity contribution in [2.75, 3.05) is 12.8 Å². The summed E-state index contributed by atoms with van der Waals surface area (Å²) in [7, 11) is 0. The van der Waals surface area contributed by atoms with Crippen molar-refractivity contribution in [2.24, 2.45) is 4.99 Å². The van der Waals surface area contributed by atoms with Gasteiger partial charge in [0.25, 0.3) is 0 Å². The Hall–Kier alpha value is -1.95. The van der Waals surface area contributed by atoms with Crippen LogP contribution in [-0.4, -0.2) is 23.9 Å². The van der Waals surface area contributed by atoms with E-state index < -0.39 is 0 Å². The molecule has 2 aromatic rings. The van der Waals surface area contributed by atoms with Crippen molar-refractivity contribution in [2.45, 2.75) is 31.8 Å². The normalized spacial score (nSPS) is 11.5. The fraction of sp³-hybridized carbons (Fsp3) is 0.375. The number of benzene rings is 1. The molecule has 0 spiro atoms. The molecule has 0 saturated heterocycles. The van der Waals surface area contributed by atoms with Crippen molar-refractivity contribution >= 4 is 17.7 Å². The highest BCUT2D eigenvalue weighted by Crippen LogP contribution is 2.22. The molecule has 2 N–H and O–H groups in total. The van der Waals surface area contributed by atoms with Crippen LogP contribution in [0, 0.1) is 6.92 Å². The second kappa shape index (κ2) is 8.48. The molecule has 2 rings (SSSR count). The van der Waals surface area contributed by atoms with Gasteiger partial charge in [0.1, 0.15) is 12.0 Å². The van der Waals surface area contributed by atoms with Crippen LogP contribution in [0.3, 0.4) is 0 Å². The maximum atomic E-state index is 4.82. The number of nitrogens with one attached hydrogen (secondary N) is 2. The summed E-state index contributed by atoms with van der Waals surface area (Å²) in [5, 5.41) is 10.4. The van der Waals surface area contributed by atoms with Crippen molar-refractivity contribution < 1.29 is 4.52 Å². The SMILES string of the molecule is CCNC(=NCc1ccc(C)cc1SC)NCc1ccon1. The number of hydrogen-bond donors (Lipinski definition) is 2. The third-order valence-electron chi connectivity index (χ3n) is 3.12. The molecule has 118 valence electrons. The second-order valence-electron chi connectivity index (χ2n) is 4.85. The van der Waals surface area contributed by atoms with Crippen LogP contribution >= 0.6 is 11.8 Å². The minimum absolute atomic E-state index is 0.589. The lowest BCUT2D eigenvalue weighted by molar-refractivity contribution is 0.410. The van der Waals surface area contributed by atoms with E-state index in [0.717, 1.165) is 18.2 Å². The Morgan fingerprint density at radius 1 is 1.32 bits per heavy atom. The smallest absolute Gasteiger partial charge is 0.191 e. The molecule has 0 saturated carbocycles. The van der Waals surface area contributed by atoms with Gasteiger partial charge in [-0.3, -0.25) is 0 Å². The maximum absolute atomic E-state index is 4.82. The second-order valence-corrected chi connectivity index (χ2v) is 5.70. The van der Waals surface area contributed by atoms with Gasteiger partial charge < -0.3 is 15.2 Å². The predicted octanol–water partition coefficient (Wildman–Crippen LogP) is 2.96. The van der Waals surface area contributed by atoms with Gasteiger partial charge in [0.05, 0.1) is 13.1 Å². The van der Waals surface area contributed by atoms with E-state index in [1.807, 2.05) is 13.0 Å². The molecule has 1 aromatic heterocycles. The van der Waals surface area contributed by atoms with Crippen LogP contribution < -0.4 is 10.6 Å². The van der Waals surface area contributed by atoms with E-state index in [0.29, 0.717) is 13.1 Å². The monoisotopic (exact) mass is 318 g/mol. The van der Waals surface area contributed by atoms with Crippen molar-refractivity contribution in [3.63, 3.8) is 0 Å². The van der Waals surface area contributed by atoms with Crippen LogP contribution in [0.15, 0.2) is 44.9 Å². The van der Waals surface area contributed by atoms with E-state index in [9.17, 15) is 0 Å². The quantitative estimate of drug-likeness (QED) is 0.487. The molecule has 22 heavy (non-hydrogen) atoms. The predicted molar refractivity (Wildman–Crippen MR) is 91.1 cm³/mol. The summed E-state index contributed by atoms with van der Waals surface area (Å²) < 4.78 is 4.82. The molecular weight excluding hydrogens is 296 g/mol. The third-order valence-corrected chi connectivity index (χ3v) is 3.94. The Balaban J connectivity index is 2.03. The van der Waals surface area contributed by atoms with Crippen molar-refractivity contribution in [3.05, 3.63) is 47.3 Å². The van der Waals surface area contributed by atoms with Gasteiger partial charge in [-0.05, 0) is 37.3 Å².